The van der Waals surface area contributed by atoms with Gasteiger partial charge in [-0.05, 0) is 32.8 Å². The van der Waals surface area contributed by atoms with Gasteiger partial charge in [0.15, 0.2) is 11.5 Å². The van der Waals surface area contributed by atoms with Gasteiger partial charge in [0, 0.05) is 11.1 Å². The standard InChI is InChI=1S/C14H20O3/c1-5-9(2)6-7-11-8-12(15)14(17-4)10(3)13(11)16/h6,8,15-16H,5,7H2,1-4H3/b9-6+. The van der Waals surface area contributed by atoms with E-state index in [4.69, 9.17) is 4.74 Å². The Bertz CT molecular complexity index is 434. The second-order valence-electron chi connectivity index (χ2n) is 4.17. The highest BCUT2D eigenvalue weighted by Gasteiger charge is 2.13. The molecule has 0 aliphatic carbocycles. The van der Waals surface area contributed by atoms with Crippen LogP contribution in [-0.2, 0) is 6.42 Å². The first-order valence-electron chi connectivity index (χ1n) is 5.75. The second-order valence-corrected chi connectivity index (χ2v) is 4.17. The van der Waals surface area contributed by atoms with Crippen LogP contribution in [0.2, 0.25) is 0 Å². The van der Waals surface area contributed by atoms with E-state index in [0.717, 1.165) is 6.42 Å². The van der Waals surface area contributed by atoms with Crippen LogP contribution in [0, 0.1) is 6.92 Å². The van der Waals surface area contributed by atoms with Crippen molar-refractivity contribution in [3.63, 3.8) is 0 Å². The zero-order chi connectivity index (χ0) is 13.0. The highest BCUT2D eigenvalue weighted by Crippen LogP contribution is 2.38. The van der Waals surface area contributed by atoms with Crippen LogP contribution in [0.5, 0.6) is 17.2 Å². The van der Waals surface area contributed by atoms with Crippen molar-refractivity contribution in [3.05, 3.63) is 28.8 Å². The van der Waals surface area contributed by atoms with Crippen molar-refractivity contribution in [2.24, 2.45) is 0 Å². The van der Waals surface area contributed by atoms with E-state index in [0.29, 0.717) is 23.3 Å². The topological polar surface area (TPSA) is 49.7 Å². The van der Waals surface area contributed by atoms with E-state index in [1.807, 2.05) is 6.92 Å². The number of benzene rings is 1. The van der Waals surface area contributed by atoms with Crippen LogP contribution < -0.4 is 4.74 Å². The predicted octanol–water partition coefficient (Wildman–Crippen LogP) is 3.31. The fourth-order valence-corrected chi connectivity index (χ4v) is 1.68. The summed E-state index contributed by atoms with van der Waals surface area (Å²) in [6, 6.07) is 1.56. The van der Waals surface area contributed by atoms with Gasteiger partial charge in [0.1, 0.15) is 5.75 Å². The summed E-state index contributed by atoms with van der Waals surface area (Å²) in [6.45, 7) is 5.86. The van der Waals surface area contributed by atoms with Crippen LogP contribution in [0.15, 0.2) is 17.7 Å². The molecule has 0 heterocycles. The van der Waals surface area contributed by atoms with Crippen molar-refractivity contribution >= 4 is 0 Å². The second kappa shape index (κ2) is 5.62. The third-order valence-corrected chi connectivity index (χ3v) is 2.98. The largest absolute Gasteiger partial charge is 0.507 e. The van der Waals surface area contributed by atoms with Crippen LogP contribution in [0.3, 0.4) is 0 Å². The molecule has 3 nitrogen and oxygen atoms in total. The Morgan fingerprint density at radius 1 is 1.41 bits per heavy atom. The maximum absolute atomic E-state index is 10.00. The molecule has 0 unspecified atom stereocenters. The molecule has 0 saturated heterocycles. The predicted molar refractivity (Wildman–Crippen MR) is 68.8 cm³/mol. The summed E-state index contributed by atoms with van der Waals surface area (Å²) in [5, 5.41) is 19.8. The maximum Gasteiger partial charge on any atom is 0.167 e. The van der Waals surface area contributed by atoms with Crippen LogP contribution in [0.4, 0.5) is 0 Å². The maximum atomic E-state index is 10.00. The normalized spacial score (nSPS) is 11.6. The lowest BCUT2D eigenvalue weighted by molar-refractivity contribution is 0.364. The molecule has 0 aliphatic heterocycles. The summed E-state index contributed by atoms with van der Waals surface area (Å²) >= 11 is 0. The molecule has 3 heteroatoms. The fraction of sp³-hybridized carbons (Fsp3) is 0.429. The highest BCUT2D eigenvalue weighted by atomic mass is 16.5. The Kier molecular flexibility index (Phi) is 4.44. The average Bonchev–Trinajstić information content (AvgIpc) is 2.32. The smallest absolute Gasteiger partial charge is 0.167 e. The number of methoxy groups -OCH3 is 1. The number of hydrogen-bond donors (Lipinski definition) is 2. The van der Waals surface area contributed by atoms with Crippen molar-refractivity contribution in [2.75, 3.05) is 7.11 Å². The first-order chi connectivity index (χ1) is 8.01. The van der Waals surface area contributed by atoms with Gasteiger partial charge in [-0.3, -0.25) is 0 Å². The van der Waals surface area contributed by atoms with Gasteiger partial charge < -0.3 is 14.9 Å². The van der Waals surface area contributed by atoms with E-state index in [1.165, 1.54) is 12.7 Å². The van der Waals surface area contributed by atoms with E-state index < -0.39 is 0 Å². The van der Waals surface area contributed by atoms with Crippen molar-refractivity contribution in [1.29, 1.82) is 0 Å². The van der Waals surface area contributed by atoms with Gasteiger partial charge >= 0.3 is 0 Å². The summed E-state index contributed by atoms with van der Waals surface area (Å²) in [4.78, 5) is 0. The summed E-state index contributed by atoms with van der Waals surface area (Å²) in [5.41, 5.74) is 2.55. The Morgan fingerprint density at radius 2 is 2.06 bits per heavy atom. The van der Waals surface area contributed by atoms with Gasteiger partial charge in [-0.25, -0.2) is 0 Å². The molecule has 94 valence electrons. The lowest BCUT2D eigenvalue weighted by atomic mass is 10.0. The molecule has 0 bridgehead atoms. The van der Waals surface area contributed by atoms with Crippen LogP contribution in [0.25, 0.3) is 0 Å². The molecule has 0 fully saturated rings. The van der Waals surface area contributed by atoms with Crippen molar-refractivity contribution in [3.8, 4) is 17.2 Å². The SMILES string of the molecule is CC/C(C)=C/Cc1cc(O)c(OC)c(C)c1O. The molecule has 17 heavy (non-hydrogen) atoms. The van der Waals surface area contributed by atoms with E-state index in [9.17, 15) is 10.2 Å². The Hall–Kier alpha value is -1.64. The van der Waals surface area contributed by atoms with Crippen LogP contribution >= 0.6 is 0 Å². The quantitative estimate of drug-likeness (QED) is 0.623. The number of ether oxygens (including phenoxy) is 1. The number of rotatable bonds is 4. The average molecular weight is 236 g/mol. The summed E-state index contributed by atoms with van der Waals surface area (Å²) < 4.78 is 5.03. The Labute approximate surface area is 102 Å². The Morgan fingerprint density at radius 3 is 2.59 bits per heavy atom. The zero-order valence-corrected chi connectivity index (χ0v) is 10.9. The molecule has 1 aromatic carbocycles. The first-order valence-corrected chi connectivity index (χ1v) is 5.75. The lowest BCUT2D eigenvalue weighted by Crippen LogP contribution is -1.93. The third-order valence-electron chi connectivity index (χ3n) is 2.98. The van der Waals surface area contributed by atoms with Gasteiger partial charge in [0.25, 0.3) is 0 Å². The number of aromatic hydroxyl groups is 2. The van der Waals surface area contributed by atoms with E-state index in [-0.39, 0.29) is 11.5 Å². The van der Waals surface area contributed by atoms with E-state index in [2.05, 4.69) is 13.0 Å². The highest BCUT2D eigenvalue weighted by molar-refractivity contribution is 5.56. The van der Waals surface area contributed by atoms with Gasteiger partial charge in [-0.1, -0.05) is 18.6 Å². The number of phenols is 2. The molecule has 0 saturated carbocycles. The number of hydrogen-bond acceptors (Lipinski definition) is 3. The molecule has 0 radical (unpaired) electrons. The van der Waals surface area contributed by atoms with Gasteiger partial charge in [-0.15, -0.1) is 0 Å². The van der Waals surface area contributed by atoms with Gasteiger partial charge in [0.2, 0.25) is 0 Å². The monoisotopic (exact) mass is 236 g/mol. The molecule has 2 N–H and O–H groups in total. The molecule has 0 aromatic heterocycles. The molecule has 0 atom stereocenters. The fourth-order valence-electron chi connectivity index (χ4n) is 1.68. The zero-order valence-electron chi connectivity index (χ0n) is 10.9. The molecule has 0 spiro atoms. The summed E-state index contributed by atoms with van der Waals surface area (Å²) in [5.74, 6) is 0.600. The molecule has 0 aliphatic rings. The minimum absolute atomic E-state index is 0.0698. The molecular weight excluding hydrogens is 216 g/mol. The van der Waals surface area contributed by atoms with Crippen LogP contribution in [-0.4, -0.2) is 17.3 Å². The molecule has 1 aromatic rings. The van der Waals surface area contributed by atoms with Gasteiger partial charge in [-0.2, -0.15) is 0 Å². The number of allylic oxidation sites excluding steroid dienone is 2. The molecule has 0 amide bonds. The van der Waals surface area contributed by atoms with Gasteiger partial charge in [0.05, 0.1) is 7.11 Å². The van der Waals surface area contributed by atoms with E-state index in [1.54, 1.807) is 13.0 Å². The molecular formula is C14H20O3. The van der Waals surface area contributed by atoms with Crippen molar-refractivity contribution in [2.45, 2.75) is 33.6 Å². The summed E-state index contributed by atoms with van der Waals surface area (Å²) in [6.07, 6.45) is 3.66. The first kappa shape index (κ1) is 13.4. The Balaban J connectivity index is 3.11. The minimum atomic E-state index is 0.0698. The minimum Gasteiger partial charge on any atom is -0.507 e. The lowest BCUT2D eigenvalue weighted by Gasteiger charge is -2.12. The van der Waals surface area contributed by atoms with Crippen molar-refractivity contribution < 1.29 is 14.9 Å². The van der Waals surface area contributed by atoms with E-state index >= 15 is 0 Å². The molecule has 1 rings (SSSR count). The van der Waals surface area contributed by atoms with Crippen molar-refractivity contribution in [1.82, 2.24) is 0 Å². The third kappa shape index (κ3) is 2.93. The number of phenolic OH excluding ortho intramolecular Hbond substituents is 2. The van der Waals surface area contributed by atoms with Crippen LogP contribution in [0.1, 0.15) is 31.4 Å². The summed E-state index contributed by atoms with van der Waals surface area (Å²) in [7, 11) is 1.47.